The molecule has 4 atom stereocenters. The number of nitrogens with zero attached hydrogens (tertiary/aromatic N) is 1. The summed E-state index contributed by atoms with van der Waals surface area (Å²) >= 11 is 0. The van der Waals surface area contributed by atoms with Gasteiger partial charge in [0.1, 0.15) is 5.60 Å². The van der Waals surface area contributed by atoms with Crippen LogP contribution in [0.25, 0.3) is 0 Å². The molecule has 2 aromatic rings. The number of ether oxygens (including phenoxy) is 5. The lowest BCUT2D eigenvalue weighted by Crippen LogP contribution is -2.44. The van der Waals surface area contributed by atoms with Crippen LogP contribution in [-0.4, -0.2) is 62.5 Å². The molecule has 2 bridgehead atoms. The van der Waals surface area contributed by atoms with E-state index >= 15 is 0 Å². The Morgan fingerprint density at radius 3 is 2.72 bits per heavy atom. The molecule has 4 aliphatic heterocycles. The maximum atomic E-state index is 13.5. The largest absolute Gasteiger partial charge is 0.493 e. The van der Waals surface area contributed by atoms with E-state index in [1.54, 1.807) is 19.1 Å². The Labute approximate surface area is 208 Å². The summed E-state index contributed by atoms with van der Waals surface area (Å²) in [6, 6.07) is 11.4. The Bertz CT molecular complexity index is 1240. The van der Waals surface area contributed by atoms with Gasteiger partial charge in [-0.2, -0.15) is 0 Å². The minimum atomic E-state index is -0.747. The van der Waals surface area contributed by atoms with Crippen LogP contribution in [-0.2, 0) is 27.3 Å². The summed E-state index contributed by atoms with van der Waals surface area (Å²) in [5.41, 5.74) is 1.21. The third-order valence-corrected chi connectivity index (χ3v) is 7.45. The van der Waals surface area contributed by atoms with Gasteiger partial charge in [-0.1, -0.05) is 24.3 Å². The Hall–Kier alpha value is -3.72. The van der Waals surface area contributed by atoms with E-state index in [9.17, 15) is 9.59 Å². The fraction of sp³-hybridized carbons (Fsp3) is 0.407. The molecule has 9 nitrogen and oxygen atoms in total. The molecule has 0 saturated carbocycles. The van der Waals surface area contributed by atoms with Gasteiger partial charge in [0.05, 0.1) is 38.7 Å². The first-order chi connectivity index (χ1) is 17.5. The summed E-state index contributed by atoms with van der Waals surface area (Å²) in [5, 5.41) is 3.02. The van der Waals surface area contributed by atoms with Gasteiger partial charge >= 0.3 is 0 Å². The number of carbonyl (C=O) groups is 2. The summed E-state index contributed by atoms with van der Waals surface area (Å²) in [6.45, 7) is 1.49. The fourth-order valence-corrected chi connectivity index (χ4v) is 5.76. The highest BCUT2D eigenvalue weighted by atomic mass is 16.7. The number of carbonyl (C=O) groups excluding carboxylic acids is 2. The summed E-state index contributed by atoms with van der Waals surface area (Å²) < 4.78 is 27.7. The van der Waals surface area contributed by atoms with Crippen molar-refractivity contribution in [1.29, 1.82) is 0 Å². The molecular weight excluding hydrogens is 464 g/mol. The topological polar surface area (TPSA) is 95.6 Å². The lowest BCUT2D eigenvalue weighted by atomic mass is 9.77. The Morgan fingerprint density at radius 1 is 1.08 bits per heavy atom. The molecule has 0 unspecified atom stereocenters. The van der Waals surface area contributed by atoms with Crippen LogP contribution in [0.2, 0.25) is 0 Å². The lowest BCUT2D eigenvalue weighted by molar-refractivity contribution is -0.137. The van der Waals surface area contributed by atoms with Crippen LogP contribution in [0.3, 0.4) is 0 Å². The molecule has 36 heavy (non-hydrogen) atoms. The van der Waals surface area contributed by atoms with E-state index in [1.165, 1.54) is 0 Å². The average molecular weight is 493 g/mol. The minimum absolute atomic E-state index is 0.0560. The molecule has 2 amide bonds. The molecule has 1 spiro atoms. The molecule has 4 aliphatic rings. The zero-order valence-electron chi connectivity index (χ0n) is 20.2. The molecule has 2 saturated heterocycles. The van der Waals surface area contributed by atoms with Crippen molar-refractivity contribution in [2.75, 3.05) is 34.1 Å². The molecule has 4 heterocycles. The summed E-state index contributed by atoms with van der Waals surface area (Å²) in [5.74, 6) is 1.41. The van der Waals surface area contributed by atoms with E-state index < -0.39 is 17.4 Å². The maximum absolute atomic E-state index is 13.5. The van der Waals surface area contributed by atoms with Crippen molar-refractivity contribution in [3.05, 3.63) is 59.7 Å². The van der Waals surface area contributed by atoms with Crippen molar-refractivity contribution < 1.29 is 33.3 Å². The fourth-order valence-electron chi connectivity index (χ4n) is 5.76. The van der Waals surface area contributed by atoms with E-state index in [4.69, 9.17) is 23.7 Å². The van der Waals surface area contributed by atoms with Crippen LogP contribution in [0.1, 0.15) is 11.1 Å². The predicted octanol–water partition coefficient (Wildman–Crippen LogP) is 2.07. The quantitative estimate of drug-likeness (QED) is 0.564. The van der Waals surface area contributed by atoms with Crippen molar-refractivity contribution in [2.24, 2.45) is 11.8 Å². The third-order valence-electron chi connectivity index (χ3n) is 7.45. The molecular formula is C27H28N2O7. The number of likely N-dealkylation sites (tertiary alicyclic amines) is 1. The average Bonchev–Trinajstić information content (AvgIpc) is 3.65. The Morgan fingerprint density at radius 2 is 1.89 bits per heavy atom. The summed E-state index contributed by atoms with van der Waals surface area (Å²) in [7, 11) is 3.19. The van der Waals surface area contributed by atoms with E-state index in [0.717, 1.165) is 11.1 Å². The zero-order chi connectivity index (χ0) is 24.9. The van der Waals surface area contributed by atoms with Crippen LogP contribution < -0.4 is 24.3 Å². The van der Waals surface area contributed by atoms with Crippen LogP contribution in [0.5, 0.6) is 23.0 Å². The number of hydrogen-bond donors (Lipinski definition) is 1. The number of nitrogens with one attached hydrogen (secondary N) is 1. The highest BCUT2D eigenvalue weighted by molar-refractivity contribution is 5.93. The standard InChI is InChI=1S/C27H28N2O7/c1-32-18-5-3-16(11-21(18)33-2)8-10-28-25(30)23-20-7-9-27(36-20)14-29(26(31)24(23)27)13-17-4-6-19-22(12-17)35-15-34-19/h3-7,9,11-12,20,23-24H,8,10,13-15H2,1-2H3,(H,28,30)/t20-,23+,24-,27-/m0/s1. The first kappa shape index (κ1) is 22.7. The second kappa shape index (κ2) is 8.74. The number of amides is 2. The zero-order valence-corrected chi connectivity index (χ0v) is 20.2. The number of methoxy groups -OCH3 is 2. The third kappa shape index (κ3) is 3.65. The van der Waals surface area contributed by atoms with Crippen molar-refractivity contribution in [3.63, 3.8) is 0 Å². The van der Waals surface area contributed by atoms with Gasteiger partial charge in [0.15, 0.2) is 23.0 Å². The molecule has 0 aliphatic carbocycles. The van der Waals surface area contributed by atoms with Crippen molar-refractivity contribution in [3.8, 4) is 23.0 Å². The van der Waals surface area contributed by atoms with Crippen molar-refractivity contribution >= 4 is 11.8 Å². The SMILES string of the molecule is COc1ccc(CCNC(=O)[C@@H]2[C@@H]3C=C[C@@]4(CN(Cc5ccc6c(c5)OCO6)C(=O)[C@H]24)O3)cc1OC. The molecule has 1 N–H and O–H groups in total. The molecule has 9 heteroatoms. The van der Waals surface area contributed by atoms with E-state index in [1.807, 2.05) is 48.6 Å². The smallest absolute Gasteiger partial charge is 0.231 e. The van der Waals surface area contributed by atoms with Gasteiger partial charge in [-0.15, -0.1) is 0 Å². The van der Waals surface area contributed by atoms with Gasteiger partial charge in [0.25, 0.3) is 0 Å². The van der Waals surface area contributed by atoms with Gasteiger partial charge in [-0.05, 0) is 41.8 Å². The molecule has 0 radical (unpaired) electrons. The number of rotatable bonds is 8. The first-order valence-electron chi connectivity index (χ1n) is 12.0. The molecule has 188 valence electrons. The van der Waals surface area contributed by atoms with Crippen LogP contribution in [0.4, 0.5) is 0 Å². The summed E-state index contributed by atoms with van der Waals surface area (Å²) in [6.07, 6.45) is 4.13. The normalized spacial score (nSPS) is 26.9. The number of fused-ring (bicyclic) bond motifs is 2. The van der Waals surface area contributed by atoms with Gasteiger partial charge in [0, 0.05) is 13.1 Å². The second-order valence-electron chi connectivity index (χ2n) is 9.51. The van der Waals surface area contributed by atoms with Crippen molar-refractivity contribution in [2.45, 2.75) is 24.7 Å². The highest BCUT2D eigenvalue weighted by Gasteiger charge is 2.66. The molecule has 2 fully saturated rings. The highest BCUT2D eigenvalue weighted by Crippen LogP contribution is 2.52. The van der Waals surface area contributed by atoms with Gasteiger partial charge in [-0.3, -0.25) is 9.59 Å². The summed E-state index contributed by atoms with van der Waals surface area (Å²) in [4.78, 5) is 28.5. The lowest BCUT2D eigenvalue weighted by Gasteiger charge is -2.23. The second-order valence-corrected chi connectivity index (χ2v) is 9.51. The van der Waals surface area contributed by atoms with Gasteiger partial charge in [0.2, 0.25) is 18.6 Å². The van der Waals surface area contributed by atoms with Crippen LogP contribution in [0, 0.1) is 11.8 Å². The first-order valence-corrected chi connectivity index (χ1v) is 12.0. The predicted molar refractivity (Wildman–Crippen MR) is 128 cm³/mol. The van der Waals surface area contributed by atoms with Gasteiger partial charge in [-0.25, -0.2) is 0 Å². The van der Waals surface area contributed by atoms with Crippen molar-refractivity contribution in [1.82, 2.24) is 10.2 Å². The molecule has 6 rings (SSSR count). The van der Waals surface area contributed by atoms with E-state index in [2.05, 4.69) is 5.32 Å². The van der Waals surface area contributed by atoms with Gasteiger partial charge < -0.3 is 33.9 Å². The van der Waals surface area contributed by atoms with Crippen LogP contribution in [0.15, 0.2) is 48.6 Å². The minimum Gasteiger partial charge on any atom is -0.493 e. The van der Waals surface area contributed by atoms with E-state index in [-0.39, 0.29) is 24.7 Å². The Kier molecular flexibility index (Phi) is 5.52. The van der Waals surface area contributed by atoms with Crippen LogP contribution >= 0.6 is 0 Å². The molecule has 0 aromatic heterocycles. The number of benzene rings is 2. The maximum Gasteiger partial charge on any atom is 0.231 e. The molecule has 2 aromatic carbocycles. The number of hydrogen-bond acceptors (Lipinski definition) is 7. The monoisotopic (exact) mass is 492 g/mol. The Balaban J connectivity index is 1.12. The van der Waals surface area contributed by atoms with E-state index in [0.29, 0.717) is 49.1 Å².